The highest BCUT2D eigenvalue weighted by Gasteiger charge is 2.14. The summed E-state index contributed by atoms with van der Waals surface area (Å²) in [6, 6.07) is 0. The van der Waals surface area contributed by atoms with Crippen LogP contribution in [0.1, 0.15) is 23.4 Å². The normalized spacial score (nSPS) is 12.4. The van der Waals surface area contributed by atoms with E-state index in [1.807, 2.05) is 0 Å². The summed E-state index contributed by atoms with van der Waals surface area (Å²) in [5.74, 6) is -0.443. The minimum Gasteiger partial charge on any atom is -0.481 e. The molecule has 7 heteroatoms. The van der Waals surface area contributed by atoms with Crippen molar-refractivity contribution < 1.29 is 14.1 Å². The van der Waals surface area contributed by atoms with Crippen LogP contribution in [0.4, 0.5) is 0 Å². The van der Waals surface area contributed by atoms with Gasteiger partial charge in [0.25, 0.3) is 0 Å². The second kappa shape index (κ2) is 6.60. The number of aromatic nitrogens is 2. The molecule has 1 aromatic heterocycles. The molecule has 6 nitrogen and oxygen atoms in total. The van der Waals surface area contributed by atoms with Crippen LogP contribution in [-0.2, 0) is 28.6 Å². The molecule has 0 aliphatic heterocycles. The molecular formula is C12H18N2O4S. The summed E-state index contributed by atoms with van der Waals surface area (Å²) in [6.07, 6.45) is 2.06. The van der Waals surface area contributed by atoms with Crippen LogP contribution in [0, 0.1) is 13.8 Å². The van der Waals surface area contributed by atoms with Gasteiger partial charge in [-0.1, -0.05) is 0 Å². The first-order chi connectivity index (χ1) is 8.82. The van der Waals surface area contributed by atoms with Gasteiger partial charge in [-0.15, -0.1) is 0 Å². The molecule has 1 aromatic rings. The molecule has 1 unspecified atom stereocenters. The Morgan fingerprint density at radius 1 is 1.42 bits per heavy atom. The van der Waals surface area contributed by atoms with E-state index in [9.17, 15) is 13.8 Å². The van der Waals surface area contributed by atoms with Gasteiger partial charge in [-0.2, -0.15) is 4.98 Å². The molecule has 0 aromatic carbocycles. The maximum absolute atomic E-state index is 11.8. The second-order valence-corrected chi connectivity index (χ2v) is 5.95. The quantitative estimate of drug-likeness (QED) is 0.810. The summed E-state index contributed by atoms with van der Waals surface area (Å²) in [6.45, 7) is 3.76. The van der Waals surface area contributed by atoms with Gasteiger partial charge in [0.1, 0.15) is 0 Å². The van der Waals surface area contributed by atoms with Crippen LogP contribution in [0.5, 0.6) is 0 Å². The summed E-state index contributed by atoms with van der Waals surface area (Å²) in [5, 5.41) is 8.87. The number of nitrogens with zero attached hydrogens (tertiary/aromatic N) is 2. The van der Waals surface area contributed by atoms with E-state index in [1.165, 1.54) is 4.57 Å². The number of hydrogen-bond donors (Lipinski definition) is 1. The Balaban J connectivity index is 3.06. The smallest absolute Gasteiger partial charge is 0.347 e. The number of carboxylic acid groups (broad SMARTS) is 1. The van der Waals surface area contributed by atoms with Crippen molar-refractivity contribution in [3.05, 3.63) is 27.4 Å². The van der Waals surface area contributed by atoms with Crippen LogP contribution in [0.15, 0.2) is 4.79 Å². The average Bonchev–Trinajstić information content (AvgIpc) is 2.28. The predicted octanol–water partition coefficient (Wildman–Crippen LogP) is 0.256. The summed E-state index contributed by atoms with van der Waals surface area (Å²) in [4.78, 5) is 26.5. The molecule has 0 radical (unpaired) electrons. The molecule has 0 bridgehead atoms. The van der Waals surface area contributed by atoms with Gasteiger partial charge in [-0.25, -0.2) is 4.79 Å². The van der Waals surface area contributed by atoms with Crippen molar-refractivity contribution in [1.29, 1.82) is 0 Å². The molecule has 0 fully saturated rings. The topological polar surface area (TPSA) is 89.3 Å². The first kappa shape index (κ1) is 15.6. The van der Waals surface area contributed by atoms with E-state index in [0.29, 0.717) is 35.7 Å². The van der Waals surface area contributed by atoms with E-state index < -0.39 is 16.8 Å². The second-order valence-electron chi connectivity index (χ2n) is 4.40. The van der Waals surface area contributed by atoms with Crippen LogP contribution >= 0.6 is 0 Å². The Morgan fingerprint density at radius 3 is 2.58 bits per heavy atom. The zero-order valence-electron chi connectivity index (χ0n) is 11.3. The molecule has 1 N–H and O–H groups in total. The molecule has 1 atom stereocenters. The van der Waals surface area contributed by atoms with Crippen LogP contribution in [0.25, 0.3) is 0 Å². The van der Waals surface area contributed by atoms with Crippen molar-refractivity contribution in [2.24, 2.45) is 0 Å². The number of aryl methyl sites for hydroxylation is 1. The third kappa shape index (κ3) is 4.27. The van der Waals surface area contributed by atoms with Gasteiger partial charge in [0.15, 0.2) is 0 Å². The lowest BCUT2D eigenvalue weighted by Gasteiger charge is -2.14. The molecule has 0 aliphatic carbocycles. The maximum Gasteiger partial charge on any atom is 0.347 e. The largest absolute Gasteiger partial charge is 0.481 e. The molecule has 19 heavy (non-hydrogen) atoms. The van der Waals surface area contributed by atoms with Gasteiger partial charge in [0, 0.05) is 46.3 Å². The SMILES string of the molecule is Cc1nc(=O)n(CCCS(C)=O)c(C)c1CC(=O)O. The Morgan fingerprint density at radius 2 is 2.05 bits per heavy atom. The fourth-order valence-electron chi connectivity index (χ4n) is 1.94. The van der Waals surface area contributed by atoms with Gasteiger partial charge in [0.05, 0.1) is 6.42 Å². The van der Waals surface area contributed by atoms with Crippen LogP contribution in [0.3, 0.4) is 0 Å². The summed E-state index contributed by atoms with van der Waals surface area (Å²) >= 11 is 0. The van der Waals surface area contributed by atoms with Gasteiger partial charge >= 0.3 is 11.7 Å². The molecule has 0 amide bonds. The Kier molecular flexibility index (Phi) is 5.41. The van der Waals surface area contributed by atoms with Crippen molar-refractivity contribution >= 4 is 16.8 Å². The summed E-state index contributed by atoms with van der Waals surface area (Å²) < 4.78 is 12.5. The molecule has 0 aliphatic rings. The van der Waals surface area contributed by atoms with Gasteiger partial charge < -0.3 is 5.11 Å². The molecule has 0 spiro atoms. The lowest BCUT2D eigenvalue weighted by atomic mass is 10.1. The van der Waals surface area contributed by atoms with E-state index in [2.05, 4.69) is 4.98 Å². The zero-order valence-corrected chi connectivity index (χ0v) is 12.1. The summed E-state index contributed by atoms with van der Waals surface area (Å²) in [7, 11) is -0.901. The average molecular weight is 286 g/mol. The first-order valence-corrected chi connectivity index (χ1v) is 7.64. The third-order valence-electron chi connectivity index (χ3n) is 2.91. The monoisotopic (exact) mass is 286 g/mol. The maximum atomic E-state index is 11.8. The molecule has 1 heterocycles. The van der Waals surface area contributed by atoms with Crippen LogP contribution in [-0.4, -0.2) is 36.8 Å². The van der Waals surface area contributed by atoms with Crippen molar-refractivity contribution in [3.8, 4) is 0 Å². The van der Waals surface area contributed by atoms with E-state index >= 15 is 0 Å². The minimum atomic E-state index is -0.951. The van der Waals surface area contributed by atoms with Crippen molar-refractivity contribution in [3.63, 3.8) is 0 Å². The van der Waals surface area contributed by atoms with Gasteiger partial charge in [0.2, 0.25) is 0 Å². The van der Waals surface area contributed by atoms with Gasteiger partial charge in [-0.3, -0.25) is 13.6 Å². The highest BCUT2D eigenvalue weighted by Crippen LogP contribution is 2.10. The Hall–Kier alpha value is -1.50. The highest BCUT2D eigenvalue weighted by molar-refractivity contribution is 7.84. The standard InChI is InChI=1S/C12H18N2O4S/c1-8-10(7-11(15)16)9(2)14(12(17)13-8)5-4-6-19(3)18/h4-7H2,1-3H3,(H,15,16). The van der Waals surface area contributed by atoms with E-state index in [4.69, 9.17) is 5.11 Å². The number of rotatable bonds is 6. The molecule has 1 rings (SSSR count). The van der Waals surface area contributed by atoms with Crippen molar-refractivity contribution in [2.45, 2.75) is 33.2 Å². The van der Waals surface area contributed by atoms with E-state index in [0.717, 1.165) is 0 Å². The lowest BCUT2D eigenvalue weighted by Crippen LogP contribution is -2.29. The fourth-order valence-corrected chi connectivity index (χ4v) is 2.47. The molecule has 0 saturated heterocycles. The first-order valence-electron chi connectivity index (χ1n) is 5.91. The minimum absolute atomic E-state index is 0.148. The van der Waals surface area contributed by atoms with Crippen LogP contribution in [0.2, 0.25) is 0 Å². The summed E-state index contributed by atoms with van der Waals surface area (Å²) in [5.41, 5.74) is 1.28. The van der Waals surface area contributed by atoms with E-state index in [1.54, 1.807) is 20.1 Å². The van der Waals surface area contributed by atoms with E-state index in [-0.39, 0.29) is 12.1 Å². The van der Waals surface area contributed by atoms with Crippen LogP contribution < -0.4 is 5.69 Å². The third-order valence-corrected chi connectivity index (χ3v) is 3.78. The molecular weight excluding hydrogens is 268 g/mol. The number of aliphatic carboxylic acids is 1. The van der Waals surface area contributed by atoms with Gasteiger partial charge in [-0.05, 0) is 20.3 Å². The number of carbonyl (C=O) groups is 1. The van der Waals surface area contributed by atoms with Crippen molar-refractivity contribution in [2.75, 3.05) is 12.0 Å². The number of hydrogen-bond acceptors (Lipinski definition) is 4. The zero-order chi connectivity index (χ0) is 14.6. The lowest BCUT2D eigenvalue weighted by molar-refractivity contribution is -0.136. The number of carboxylic acids is 1. The van der Waals surface area contributed by atoms with Crippen molar-refractivity contribution in [1.82, 2.24) is 9.55 Å². The molecule has 0 saturated carbocycles. The Bertz CT molecular complexity index is 566. The predicted molar refractivity (Wildman–Crippen MR) is 72.9 cm³/mol. The molecule has 106 valence electrons. The highest BCUT2D eigenvalue weighted by atomic mass is 32.2. The Labute approximate surface area is 113 Å². The fraction of sp³-hybridized carbons (Fsp3) is 0.583.